The number of rotatable bonds is 5. The van der Waals surface area contributed by atoms with Crippen LogP contribution in [-0.2, 0) is 21.9 Å². The summed E-state index contributed by atoms with van der Waals surface area (Å²) in [6, 6.07) is 4.68. The zero-order valence-corrected chi connectivity index (χ0v) is 18.3. The van der Waals surface area contributed by atoms with Gasteiger partial charge in [0.15, 0.2) is 0 Å². The van der Waals surface area contributed by atoms with Crippen LogP contribution in [0.5, 0.6) is 5.75 Å². The second kappa shape index (κ2) is 7.84. The summed E-state index contributed by atoms with van der Waals surface area (Å²) in [7, 11) is 12.5. The Morgan fingerprint density at radius 1 is 1.20 bits per heavy atom. The zero-order chi connectivity index (χ0) is 18.8. The molecule has 10 heteroatoms. The minimum absolute atomic E-state index is 0.0778. The third-order valence-electron chi connectivity index (χ3n) is 3.09. The number of imidazole rings is 1. The molecule has 0 aliphatic rings. The Balaban J connectivity index is 2.76. The van der Waals surface area contributed by atoms with Gasteiger partial charge in [-0.15, -0.1) is 0 Å². The monoisotopic (exact) mass is 495 g/mol. The van der Waals surface area contributed by atoms with Crippen LogP contribution in [-0.4, -0.2) is 47.5 Å². The Bertz CT molecular complexity index is 992. The molecule has 0 amide bonds. The number of benzene rings is 1. The quantitative estimate of drug-likeness (QED) is 0.626. The van der Waals surface area contributed by atoms with E-state index in [1.807, 2.05) is 13.8 Å². The van der Waals surface area contributed by atoms with E-state index in [0.29, 0.717) is 15.3 Å². The number of aromatic amines is 2. The maximum atomic E-state index is 12.4. The minimum atomic E-state index is -3.58. The van der Waals surface area contributed by atoms with E-state index in [-0.39, 0.29) is 11.0 Å². The van der Waals surface area contributed by atoms with E-state index in [2.05, 4.69) is 9.97 Å². The fourth-order valence-electron chi connectivity index (χ4n) is 1.93. The summed E-state index contributed by atoms with van der Waals surface area (Å²) in [4.78, 5) is 6.11. The molecule has 6 nitrogen and oxygen atoms in total. The summed E-state index contributed by atoms with van der Waals surface area (Å²) in [5, 5.41) is 0. The van der Waals surface area contributed by atoms with Gasteiger partial charge >= 0.3 is 158 Å². The molecule has 0 bridgehead atoms. The predicted molar refractivity (Wildman–Crippen MR) is 98.3 cm³/mol. The zero-order valence-electron chi connectivity index (χ0n) is 14.2. The van der Waals surface area contributed by atoms with Crippen molar-refractivity contribution in [2.24, 2.45) is 0 Å². The van der Waals surface area contributed by atoms with Gasteiger partial charge in [0.2, 0.25) is 0 Å². The molecule has 0 unspecified atom stereocenters. The molecule has 142 valence electrons. The van der Waals surface area contributed by atoms with Crippen molar-refractivity contribution in [3.05, 3.63) is 40.2 Å². The van der Waals surface area contributed by atoms with Crippen molar-refractivity contribution >= 4 is 34.0 Å². The average molecular weight is 495 g/mol. The molecule has 2 rings (SSSR count). The number of nitrogens with zero attached hydrogens (tertiary/aromatic N) is 1. The number of hydrogen-bond acceptors (Lipinski definition) is 3. The van der Waals surface area contributed by atoms with Gasteiger partial charge in [-0.05, 0) is 0 Å². The molecule has 0 spiro atoms. The normalized spacial score (nSPS) is 13.3. The Kier molecular flexibility index (Phi) is 6.44. The van der Waals surface area contributed by atoms with E-state index in [1.165, 1.54) is 26.2 Å². The Hall–Kier alpha value is -0.787. The molecule has 2 aromatic rings. The van der Waals surface area contributed by atoms with Gasteiger partial charge in [-0.1, -0.05) is 0 Å². The standard InChI is InChI=1S/C12H17NO3S.C3H4N2.2ClH.Ru/c1-9(2)16-12-7-6-11(8-10(12)3)17(14,15)13(4)5;1-2-5-3-4-1;;;/h3,6-9H,1-2,4-5H3;1-2,4-5H;2*1H;/q;;;;+2/p-2. The molecule has 1 heterocycles. The van der Waals surface area contributed by atoms with E-state index in [1.54, 1.807) is 23.1 Å². The van der Waals surface area contributed by atoms with Gasteiger partial charge in [0.05, 0.1) is 0 Å². The van der Waals surface area contributed by atoms with Gasteiger partial charge in [0, 0.05) is 0 Å². The van der Waals surface area contributed by atoms with E-state index in [0.717, 1.165) is 4.31 Å². The molecule has 0 fully saturated rings. The Morgan fingerprint density at radius 3 is 2.32 bits per heavy atom. The van der Waals surface area contributed by atoms with Crippen LogP contribution in [0.25, 0.3) is 0 Å². The van der Waals surface area contributed by atoms with Crippen LogP contribution >= 0.6 is 19.4 Å². The predicted octanol–water partition coefficient (Wildman–Crippen LogP) is 3.22. The summed E-state index contributed by atoms with van der Waals surface area (Å²) in [5.74, 6) is 0.533. The summed E-state index contributed by atoms with van der Waals surface area (Å²) >= 11 is -3.40. The SMILES string of the molecule is CC(C)Oc1ccc(S(=O)(=O)N(C)C)cc1[CH]=[Ru]([Cl])([Cl])=[c]1[nH]cc[nH]1. The molecule has 2 N–H and O–H groups in total. The first-order valence-electron chi connectivity index (χ1n) is 7.29. The Labute approximate surface area is 157 Å². The topological polar surface area (TPSA) is 78.2 Å². The third-order valence-corrected chi connectivity index (χ3v) is 10.2. The van der Waals surface area contributed by atoms with Gasteiger partial charge < -0.3 is 0 Å². The van der Waals surface area contributed by atoms with E-state index < -0.39 is 21.9 Å². The summed E-state index contributed by atoms with van der Waals surface area (Å²) in [6.45, 7) is 3.78. The maximum absolute atomic E-state index is 12.4. The van der Waals surface area contributed by atoms with Crippen molar-refractivity contribution in [3.63, 3.8) is 0 Å². The van der Waals surface area contributed by atoms with E-state index >= 15 is 0 Å². The molecule has 0 radical (unpaired) electrons. The first kappa shape index (κ1) is 20.5. The van der Waals surface area contributed by atoms with Crippen LogP contribution in [0.3, 0.4) is 0 Å². The second-order valence-electron chi connectivity index (χ2n) is 5.62. The van der Waals surface area contributed by atoms with Crippen molar-refractivity contribution in [2.45, 2.75) is 24.8 Å². The van der Waals surface area contributed by atoms with E-state index in [9.17, 15) is 8.42 Å². The second-order valence-corrected chi connectivity index (χ2v) is 17.1. The molecule has 25 heavy (non-hydrogen) atoms. The number of H-pyrrole nitrogens is 2. The number of hydrogen-bond donors (Lipinski definition) is 2. The van der Waals surface area contributed by atoms with Gasteiger partial charge in [0.25, 0.3) is 0 Å². The summed E-state index contributed by atoms with van der Waals surface area (Å²) in [5.41, 5.74) is 0.552. The summed E-state index contributed by atoms with van der Waals surface area (Å²) < 4.78 is 34.1. The molecule has 1 aromatic carbocycles. The van der Waals surface area contributed by atoms with Gasteiger partial charge in [0.1, 0.15) is 0 Å². The van der Waals surface area contributed by atoms with E-state index in [4.69, 9.17) is 24.1 Å². The number of aromatic nitrogens is 2. The fraction of sp³-hybridized carbons (Fsp3) is 0.333. The number of sulfonamides is 1. The Morgan fingerprint density at radius 2 is 1.80 bits per heavy atom. The molecular weight excluding hydrogens is 474 g/mol. The molecular formula is C15H21Cl2N3O3RuS. The molecule has 0 saturated heterocycles. The molecule has 0 saturated carbocycles. The molecule has 0 aliphatic heterocycles. The van der Waals surface area contributed by atoms with Crippen LogP contribution in [0.15, 0.2) is 35.5 Å². The van der Waals surface area contributed by atoms with Crippen LogP contribution in [0.4, 0.5) is 0 Å². The molecule has 0 aliphatic carbocycles. The van der Waals surface area contributed by atoms with Crippen molar-refractivity contribution in [1.29, 1.82) is 0 Å². The molecule has 1 aromatic heterocycles. The van der Waals surface area contributed by atoms with Gasteiger partial charge in [-0.25, -0.2) is 0 Å². The van der Waals surface area contributed by atoms with Crippen LogP contribution < -0.4 is 4.74 Å². The van der Waals surface area contributed by atoms with Crippen molar-refractivity contribution < 1.29 is 25.0 Å². The van der Waals surface area contributed by atoms with Crippen LogP contribution in [0.1, 0.15) is 19.4 Å². The average Bonchev–Trinajstić information content (AvgIpc) is 3.03. The van der Waals surface area contributed by atoms with Crippen molar-refractivity contribution in [3.8, 4) is 5.75 Å². The van der Waals surface area contributed by atoms with Gasteiger partial charge in [-0.3, -0.25) is 0 Å². The van der Waals surface area contributed by atoms with Crippen molar-refractivity contribution in [1.82, 2.24) is 14.3 Å². The van der Waals surface area contributed by atoms with Crippen LogP contribution in [0.2, 0.25) is 0 Å². The number of ether oxygens (including phenoxy) is 1. The first-order chi connectivity index (χ1) is 11.5. The first-order valence-corrected chi connectivity index (χ1v) is 15.1. The summed E-state index contributed by atoms with van der Waals surface area (Å²) in [6.07, 6.45) is 3.31. The van der Waals surface area contributed by atoms with Crippen LogP contribution in [0, 0.1) is 4.01 Å². The molecule has 0 atom stereocenters. The number of halogens is 2. The van der Waals surface area contributed by atoms with Gasteiger partial charge in [-0.2, -0.15) is 0 Å². The number of nitrogens with one attached hydrogen (secondary N) is 2. The fourth-order valence-corrected chi connectivity index (χ4v) is 7.05. The third kappa shape index (κ3) is 4.89. The van der Waals surface area contributed by atoms with Crippen molar-refractivity contribution in [2.75, 3.05) is 14.1 Å².